The van der Waals surface area contributed by atoms with Crippen molar-refractivity contribution in [3.05, 3.63) is 12.2 Å². The van der Waals surface area contributed by atoms with Gasteiger partial charge in [0.2, 0.25) is 0 Å². The molecule has 6 nitrogen and oxygen atoms in total. The van der Waals surface area contributed by atoms with Crippen LogP contribution in [0.15, 0.2) is 17.3 Å². The maximum absolute atomic E-state index is 12.3. The Morgan fingerprint density at radius 2 is 2.09 bits per heavy atom. The van der Waals surface area contributed by atoms with E-state index < -0.39 is 6.09 Å². The summed E-state index contributed by atoms with van der Waals surface area (Å²) in [4.78, 5) is 25.3. The van der Waals surface area contributed by atoms with E-state index in [-0.39, 0.29) is 24.0 Å². The van der Waals surface area contributed by atoms with E-state index in [0.717, 1.165) is 12.8 Å². The predicted molar refractivity (Wildman–Crippen MR) is 91.2 cm³/mol. The highest BCUT2D eigenvalue weighted by molar-refractivity contribution is 5.99. The molecule has 0 saturated carbocycles. The first-order chi connectivity index (χ1) is 10.6. The van der Waals surface area contributed by atoms with Crippen LogP contribution in [0.2, 0.25) is 0 Å². The summed E-state index contributed by atoms with van der Waals surface area (Å²) >= 11 is 0. The second kappa shape index (κ2) is 8.13. The number of hydrogen-bond acceptors (Lipinski definition) is 5. The third-order valence-electron chi connectivity index (χ3n) is 3.73. The van der Waals surface area contributed by atoms with Crippen molar-refractivity contribution in [1.82, 2.24) is 9.91 Å². The zero-order valence-corrected chi connectivity index (χ0v) is 15.1. The van der Waals surface area contributed by atoms with Gasteiger partial charge in [-0.3, -0.25) is 4.79 Å². The molecule has 0 aliphatic carbocycles. The first-order valence-corrected chi connectivity index (χ1v) is 7.99. The fraction of sp³-hybridized carbons (Fsp3) is 0.706. The quantitative estimate of drug-likeness (QED) is 0.428. The number of nitrogens with zero attached hydrogens (tertiary/aromatic N) is 3. The van der Waals surface area contributed by atoms with E-state index in [9.17, 15) is 9.59 Å². The number of imide groups is 1. The summed E-state index contributed by atoms with van der Waals surface area (Å²) in [6.07, 6.45) is 6.22. The molecular weight excluding hydrogens is 294 g/mol. The lowest BCUT2D eigenvalue weighted by atomic mass is 9.86. The van der Waals surface area contributed by atoms with E-state index in [0.29, 0.717) is 5.92 Å². The van der Waals surface area contributed by atoms with Gasteiger partial charge >= 0.3 is 6.09 Å². The van der Waals surface area contributed by atoms with Crippen LogP contribution in [0.4, 0.5) is 4.79 Å². The van der Waals surface area contributed by atoms with E-state index in [1.165, 1.54) is 11.0 Å². The molecule has 1 fully saturated rings. The number of carbonyl (C=O) groups is 2. The Morgan fingerprint density at radius 3 is 2.65 bits per heavy atom. The third kappa shape index (κ3) is 6.04. The van der Waals surface area contributed by atoms with Gasteiger partial charge in [-0.25, -0.2) is 9.69 Å². The molecule has 0 bridgehead atoms. The number of cyclic esters (lactones) is 1. The molecule has 23 heavy (non-hydrogen) atoms. The minimum Gasteiger partial charge on any atom is -0.447 e. The third-order valence-corrected chi connectivity index (χ3v) is 3.73. The van der Waals surface area contributed by atoms with Crippen LogP contribution in [0.25, 0.3) is 0 Å². The minimum absolute atomic E-state index is 0.203. The molecule has 6 heteroatoms. The Hall–Kier alpha value is -1.85. The van der Waals surface area contributed by atoms with E-state index in [4.69, 9.17) is 4.74 Å². The van der Waals surface area contributed by atoms with E-state index in [1.54, 1.807) is 5.01 Å². The number of hydrazone groups is 1. The summed E-state index contributed by atoms with van der Waals surface area (Å²) in [6, 6.07) is -0.225. The Balaban J connectivity index is 2.55. The highest BCUT2D eigenvalue weighted by Gasteiger charge is 2.43. The van der Waals surface area contributed by atoms with E-state index >= 15 is 0 Å². The number of allylic oxidation sites excluding steroid dienone is 1. The molecule has 1 saturated heterocycles. The van der Waals surface area contributed by atoms with Crippen molar-refractivity contribution < 1.29 is 14.3 Å². The molecule has 1 heterocycles. The molecule has 0 radical (unpaired) electrons. The molecule has 1 rings (SSSR count). The van der Waals surface area contributed by atoms with Crippen molar-refractivity contribution in [2.75, 3.05) is 20.7 Å². The number of ether oxygens (including phenoxy) is 1. The summed E-state index contributed by atoms with van der Waals surface area (Å²) < 4.78 is 5.04. The molecule has 130 valence electrons. The van der Waals surface area contributed by atoms with Gasteiger partial charge in [0.05, 0.1) is 6.04 Å². The summed E-state index contributed by atoms with van der Waals surface area (Å²) in [6.45, 7) is 8.35. The SMILES string of the molecule is C[C@@H](C/C=C/C(=O)N1C(=O)OC[C@@H]1C(C)(C)C)C/C=N/N(C)C. The maximum Gasteiger partial charge on any atom is 0.417 e. The van der Waals surface area contributed by atoms with Crippen LogP contribution in [-0.4, -0.2) is 54.9 Å². The molecule has 0 N–H and O–H groups in total. The number of rotatable bonds is 6. The van der Waals surface area contributed by atoms with Gasteiger partial charge in [-0.1, -0.05) is 33.8 Å². The summed E-state index contributed by atoms with van der Waals surface area (Å²) in [5.74, 6) is 0.0771. The molecule has 0 unspecified atom stereocenters. The minimum atomic E-state index is -0.550. The summed E-state index contributed by atoms with van der Waals surface area (Å²) in [7, 11) is 3.75. The van der Waals surface area contributed by atoms with Gasteiger partial charge in [-0.05, 0) is 30.3 Å². The normalized spacial score (nSPS) is 20.3. The van der Waals surface area contributed by atoms with Gasteiger partial charge < -0.3 is 9.75 Å². The molecule has 1 aliphatic heterocycles. The maximum atomic E-state index is 12.3. The zero-order valence-electron chi connectivity index (χ0n) is 15.1. The Bertz CT molecular complexity index is 478. The van der Waals surface area contributed by atoms with Crippen molar-refractivity contribution in [2.24, 2.45) is 16.4 Å². The second-order valence-electron chi connectivity index (χ2n) is 7.29. The van der Waals surface area contributed by atoms with E-state index in [1.807, 2.05) is 47.2 Å². The van der Waals surface area contributed by atoms with Crippen LogP contribution < -0.4 is 0 Å². The zero-order chi connectivity index (χ0) is 17.6. The number of carbonyl (C=O) groups excluding carboxylic acids is 2. The van der Waals surface area contributed by atoms with Gasteiger partial charge in [0, 0.05) is 20.3 Å². The van der Waals surface area contributed by atoms with Gasteiger partial charge in [0.15, 0.2) is 0 Å². The van der Waals surface area contributed by atoms with Crippen molar-refractivity contribution in [3.8, 4) is 0 Å². The van der Waals surface area contributed by atoms with E-state index in [2.05, 4.69) is 12.0 Å². The lowest BCUT2D eigenvalue weighted by Gasteiger charge is -2.30. The first kappa shape index (κ1) is 19.2. The second-order valence-corrected chi connectivity index (χ2v) is 7.29. The molecule has 0 aromatic carbocycles. The van der Waals surface area contributed by atoms with Crippen molar-refractivity contribution in [3.63, 3.8) is 0 Å². The van der Waals surface area contributed by atoms with Gasteiger partial charge in [-0.15, -0.1) is 0 Å². The molecule has 0 aromatic heterocycles. The Morgan fingerprint density at radius 1 is 1.43 bits per heavy atom. The topological polar surface area (TPSA) is 62.2 Å². The van der Waals surface area contributed by atoms with Gasteiger partial charge in [0.1, 0.15) is 6.61 Å². The molecule has 2 amide bonds. The molecule has 0 aromatic rings. The van der Waals surface area contributed by atoms with Crippen molar-refractivity contribution >= 4 is 18.2 Å². The van der Waals surface area contributed by atoms with Crippen LogP contribution in [0.5, 0.6) is 0 Å². The van der Waals surface area contributed by atoms with Crippen LogP contribution in [0, 0.1) is 11.3 Å². The molecule has 0 spiro atoms. The molecule has 1 aliphatic rings. The highest BCUT2D eigenvalue weighted by Crippen LogP contribution is 2.29. The van der Waals surface area contributed by atoms with Crippen LogP contribution in [0.1, 0.15) is 40.5 Å². The van der Waals surface area contributed by atoms with Crippen LogP contribution >= 0.6 is 0 Å². The first-order valence-electron chi connectivity index (χ1n) is 7.99. The van der Waals surface area contributed by atoms with Gasteiger partial charge in [0.25, 0.3) is 5.91 Å². The van der Waals surface area contributed by atoms with Gasteiger partial charge in [-0.2, -0.15) is 5.10 Å². The summed E-state index contributed by atoms with van der Waals surface area (Å²) in [5.41, 5.74) is -0.203. The fourth-order valence-corrected chi connectivity index (χ4v) is 2.27. The van der Waals surface area contributed by atoms with Crippen molar-refractivity contribution in [2.45, 2.75) is 46.6 Å². The predicted octanol–water partition coefficient (Wildman–Crippen LogP) is 2.90. The average molecular weight is 323 g/mol. The monoisotopic (exact) mass is 323 g/mol. The Labute approximate surface area is 139 Å². The van der Waals surface area contributed by atoms with Crippen LogP contribution in [0.3, 0.4) is 0 Å². The van der Waals surface area contributed by atoms with Crippen LogP contribution in [-0.2, 0) is 9.53 Å². The highest BCUT2D eigenvalue weighted by atomic mass is 16.6. The Kier molecular flexibility index (Phi) is 6.79. The lowest BCUT2D eigenvalue weighted by molar-refractivity contribution is -0.125. The largest absolute Gasteiger partial charge is 0.447 e. The standard InChI is InChI=1S/C17H29N3O3/c1-13(10-11-18-19(5)6)8-7-9-15(21)20-14(17(2,3)4)12-23-16(20)22/h7,9,11,13-14H,8,10,12H2,1-6H3/b9-7+,18-11+/t13-,14+/m0/s1. The lowest BCUT2D eigenvalue weighted by Crippen LogP contribution is -2.45. The number of amides is 2. The number of hydrogen-bond donors (Lipinski definition) is 0. The average Bonchev–Trinajstić information content (AvgIpc) is 2.80. The molecule has 2 atom stereocenters. The smallest absolute Gasteiger partial charge is 0.417 e. The molecular formula is C17H29N3O3. The summed E-state index contributed by atoms with van der Waals surface area (Å²) in [5, 5.41) is 5.91. The fourth-order valence-electron chi connectivity index (χ4n) is 2.27. The van der Waals surface area contributed by atoms with Crippen molar-refractivity contribution in [1.29, 1.82) is 0 Å².